The Labute approximate surface area is 161 Å². The molecule has 1 saturated heterocycles. The minimum Gasteiger partial charge on any atom is -0.339 e. The zero-order chi connectivity index (χ0) is 19.3. The maximum atomic E-state index is 12.8. The highest BCUT2D eigenvalue weighted by atomic mass is 32.2. The fourth-order valence-corrected chi connectivity index (χ4v) is 4.80. The molecule has 1 aliphatic rings. The van der Waals surface area contributed by atoms with Crippen LogP contribution in [0, 0.1) is 0 Å². The van der Waals surface area contributed by atoms with E-state index in [0.29, 0.717) is 17.0 Å². The summed E-state index contributed by atoms with van der Waals surface area (Å²) < 4.78 is 27.1. The molecular weight excluding hydrogens is 360 g/mol. The molecule has 144 valence electrons. The third kappa shape index (κ3) is 4.57. The topological polar surface area (TPSA) is 57.7 Å². The van der Waals surface area contributed by atoms with Crippen LogP contribution in [0.5, 0.6) is 0 Å². The maximum absolute atomic E-state index is 12.8. The molecule has 0 unspecified atom stereocenters. The molecule has 1 heterocycles. The lowest BCUT2D eigenvalue weighted by molar-refractivity contribution is 0.0724. The monoisotopic (exact) mass is 386 g/mol. The Bertz CT molecular complexity index is 858. The predicted octanol–water partition coefficient (Wildman–Crippen LogP) is 3.52. The Hall–Kier alpha value is -2.18. The number of carbonyl (C=O) groups excluding carboxylic acids is 1. The van der Waals surface area contributed by atoms with Crippen LogP contribution in [0.2, 0.25) is 0 Å². The average molecular weight is 387 g/mol. The fraction of sp³-hybridized carbons (Fsp3) is 0.381. The van der Waals surface area contributed by atoms with Gasteiger partial charge < -0.3 is 4.90 Å². The SMILES string of the molecule is CCN(Cc1ccc(C(=O)N2CCCCC2)cc1)S(=O)(=O)c1ccccc1. The number of amides is 1. The highest BCUT2D eigenvalue weighted by Crippen LogP contribution is 2.19. The summed E-state index contributed by atoms with van der Waals surface area (Å²) in [5, 5.41) is 0. The van der Waals surface area contributed by atoms with E-state index in [2.05, 4.69) is 0 Å². The molecule has 0 saturated carbocycles. The van der Waals surface area contributed by atoms with Crippen molar-refractivity contribution in [2.75, 3.05) is 19.6 Å². The average Bonchev–Trinajstić information content (AvgIpc) is 2.73. The first kappa shape index (κ1) is 19.6. The van der Waals surface area contributed by atoms with Gasteiger partial charge in [-0.2, -0.15) is 4.31 Å². The summed E-state index contributed by atoms with van der Waals surface area (Å²) in [4.78, 5) is 14.7. The van der Waals surface area contributed by atoms with Gasteiger partial charge in [-0.05, 0) is 49.1 Å². The number of rotatable bonds is 6. The summed E-state index contributed by atoms with van der Waals surface area (Å²) in [6.45, 7) is 4.13. The summed E-state index contributed by atoms with van der Waals surface area (Å²) in [6, 6.07) is 15.8. The number of hydrogen-bond acceptors (Lipinski definition) is 3. The molecule has 5 nitrogen and oxygen atoms in total. The molecule has 0 radical (unpaired) electrons. The third-order valence-corrected chi connectivity index (χ3v) is 6.87. The van der Waals surface area contributed by atoms with Crippen molar-refractivity contribution in [1.29, 1.82) is 0 Å². The second-order valence-electron chi connectivity index (χ2n) is 6.79. The summed E-state index contributed by atoms with van der Waals surface area (Å²) in [7, 11) is -3.53. The second-order valence-corrected chi connectivity index (χ2v) is 8.73. The summed E-state index contributed by atoms with van der Waals surface area (Å²) in [5.41, 5.74) is 1.53. The lowest BCUT2D eigenvalue weighted by Crippen LogP contribution is -2.35. The molecule has 1 fully saturated rings. The molecular formula is C21H26N2O3S. The molecule has 1 aliphatic heterocycles. The van der Waals surface area contributed by atoms with Gasteiger partial charge in [-0.3, -0.25) is 4.79 Å². The number of piperidine rings is 1. The molecule has 3 rings (SSSR count). The van der Waals surface area contributed by atoms with E-state index in [9.17, 15) is 13.2 Å². The van der Waals surface area contributed by atoms with E-state index >= 15 is 0 Å². The molecule has 1 amide bonds. The van der Waals surface area contributed by atoms with Crippen LogP contribution in [0.3, 0.4) is 0 Å². The number of hydrogen-bond donors (Lipinski definition) is 0. The van der Waals surface area contributed by atoms with Gasteiger partial charge in [0.15, 0.2) is 0 Å². The van der Waals surface area contributed by atoms with Gasteiger partial charge in [0, 0.05) is 31.7 Å². The second kappa shape index (κ2) is 8.67. The van der Waals surface area contributed by atoms with E-state index in [1.165, 1.54) is 10.7 Å². The number of carbonyl (C=O) groups is 1. The molecule has 0 N–H and O–H groups in total. The maximum Gasteiger partial charge on any atom is 0.253 e. The molecule has 0 aliphatic carbocycles. The van der Waals surface area contributed by atoms with Crippen molar-refractivity contribution in [3.05, 3.63) is 65.7 Å². The minimum atomic E-state index is -3.53. The van der Waals surface area contributed by atoms with E-state index in [-0.39, 0.29) is 12.5 Å². The molecule has 0 spiro atoms. The Morgan fingerprint density at radius 3 is 2.19 bits per heavy atom. The number of sulfonamides is 1. The van der Waals surface area contributed by atoms with Crippen LogP contribution in [0.1, 0.15) is 42.1 Å². The molecule has 0 atom stereocenters. The Kier molecular flexibility index (Phi) is 6.29. The van der Waals surface area contributed by atoms with Crippen molar-refractivity contribution in [3.8, 4) is 0 Å². The van der Waals surface area contributed by atoms with Crippen molar-refractivity contribution in [3.63, 3.8) is 0 Å². The number of nitrogens with zero attached hydrogens (tertiary/aromatic N) is 2. The van der Waals surface area contributed by atoms with Gasteiger partial charge >= 0.3 is 0 Å². The number of likely N-dealkylation sites (tertiary alicyclic amines) is 1. The van der Waals surface area contributed by atoms with Crippen LogP contribution in [0.4, 0.5) is 0 Å². The Morgan fingerprint density at radius 2 is 1.59 bits per heavy atom. The van der Waals surface area contributed by atoms with Crippen LogP contribution in [-0.4, -0.2) is 43.2 Å². The molecule has 6 heteroatoms. The van der Waals surface area contributed by atoms with E-state index in [1.54, 1.807) is 42.5 Å². The zero-order valence-electron chi connectivity index (χ0n) is 15.7. The van der Waals surface area contributed by atoms with E-state index < -0.39 is 10.0 Å². The van der Waals surface area contributed by atoms with Gasteiger partial charge in [0.25, 0.3) is 5.91 Å². The number of benzene rings is 2. The highest BCUT2D eigenvalue weighted by molar-refractivity contribution is 7.89. The van der Waals surface area contributed by atoms with Crippen LogP contribution in [0.25, 0.3) is 0 Å². The normalized spacial score (nSPS) is 15.1. The van der Waals surface area contributed by atoms with Crippen molar-refractivity contribution in [2.24, 2.45) is 0 Å². The van der Waals surface area contributed by atoms with Crippen molar-refractivity contribution in [2.45, 2.75) is 37.6 Å². The van der Waals surface area contributed by atoms with Crippen molar-refractivity contribution < 1.29 is 13.2 Å². The zero-order valence-corrected chi connectivity index (χ0v) is 16.5. The molecule has 0 aromatic heterocycles. The minimum absolute atomic E-state index is 0.0607. The lowest BCUT2D eigenvalue weighted by atomic mass is 10.1. The Balaban J connectivity index is 1.72. The van der Waals surface area contributed by atoms with Gasteiger partial charge in [-0.15, -0.1) is 0 Å². The first-order valence-electron chi connectivity index (χ1n) is 9.46. The predicted molar refractivity (Wildman–Crippen MR) is 106 cm³/mol. The smallest absolute Gasteiger partial charge is 0.253 e. The van der Waals surface area contributed by atoms with Crippen LogP contribution in [-0.2, 0) is 16.6 Å². The van der Waals surface area contributed by atoms with Crippen LogP contribution in [0.15, 0.2) is 59.5 Å². The van der Waals surface area contributed by atoms with E-state index in [0.717, 1.165) is 31.5 Å². The third-order valence-electron chi connectivity index (χ3n) is 4.94. The summed E-state index contributed by atoms with van der Waals surface area (Å²) in [5.74, 6) is 0.0607. The van der Waals surface area contributed by atoms with E-state index in [4.69, 9.17) is 0 Å². The van der Waals surface area contributed by atoms with Gasteiger partial charge in [0.05, 0.1) is 4.90 Å². The van der Waals surface area contributed by atoms with Gasteiger partial charge in [-0.1, -0.05) is 37.3 Å². The summed E-state index contributed by atoms with van der Waals surface area (Å²) >= 11 is 0. The molecule has 2 aromatic carbocycles. The first-order chi connectivity index (χ1) is 13.0. The Morgan fingerprint density at radius 1 is 0.963 bits per heavy atom. The van der Waals surface area contributed by atoms with Crippen molar-refractivity contribution >= 4 is 15.9 Å². The largest absolute Gasteiger partial charge is 0.339 e. The van der Waals surface area contributed by atoms with Crippen LogP contribution < -0.4 is 0 Å². The molecule has 27 heavy (non-hydrogen) atoms. The van der Waals surface area contributed by atoms with Gasteiger partial charge in [0.2, 0.25) is 10.0 Å². The summed E-state index contributed by atoms with van der Waals surface area (Å²) in [6.07, 6.45) is 3.31. The first-order valence-corrected chi connectivity index (χ1v) is 10.9. The highest BCUT2D eigenvalue weighted by Gasteiger charge is 2.23. The molecule has 0 bridgehead atoms. The molecule has 2 aromatic rings. The fourth-order valence-electron chi connectivity index (χ4n) is 3.34. The van der Waals surface area contributed by atoms with Crippen LogP contribution >= 0.6 is 0 Å². The van der Waals surface area contributed by atoms with Gasteiger partial charge in [-0.25, -0.2) is 8.42 Å². The van der Waals surface area contributed by atoms with Gasteiger partial charge in [0.1, 0.15) is 0 Å². The quantitative estimate of drug-likeness (QED) is 0.763. The van der Waals surface area contributed by atoms with Crippen molar-refractivity contribution in [1.82, 2.24) is 9.21 Å². The van der Waals surface area contributed by atoms with E-state index in [1.807, 2.05) is 24.0 Å². The standard InChI is InChI=1S/C21H26N2O3S/c1-2-23(27(25,26)20-9-5-3-6-10-20)17-18-11-13-19(14-12-18)21(24)22-15-7-4-8-16-22/h3,5-6,9-14H,2,4,7-8,15-17H2,1H3. The lowest BCUT2D eigenvalue weighted by Gasteiger charge is -2.26.